The van der Waals surface area contributed by atoms with Crippen LogP contribution < -0.4 is 10.6 Å². The summed E-state index contributed by atoms with van der Waals surface area (Å²) < 4.78 is 36.2. The first-order valence-corrected chi connectivity index (χ1v) is 15.2. The number of carbonyl (C=O) groups is 1. The molecule has 2 atom stereocenters. The molecule has 0 aliphatic carbocycles. The second kappa shape index (κ2) is 13.5. The number of anilines is 2. The fourth-order valence-electron chi connectivity index (χ4n) is 3.92. The Morgan fingerprint density at radius 3 is 2.67 bits per heavy atom. The number of methoxy groups -OCH3 is 1. The van der Waals surface area contributed by atoms with E-state index in [0.29, 0.717) is 34.1 Å². The Bertz CT molecular complexity index is 1440. The van der Waals surface area contributed by atoms with Gasteiger partial charge in [-0.25, -0.2) is 18.4 Å². The number of nitrogens with one attached hydrogen (secondary N) is 2. The molecule has 1 fully saturated rings. The average Bonchev–Trinajstić information content (AvgIpc) is 3.59. The zero-order valence-corrected chi connectivity index (χ0v) is 24.5. The zero-order chi connectivity index (χ0) is 28.7. The summed E-state index contributed by atoms with van der Waals surface area (Å²) in [5.41, 5.74) is 0.997. The number of oxime groups is 1. The summed E-state index contributed by atoms with van der Waals surface area (Å²) in [6, 6.07) is 9.70. The Morgan fingerprint density at radius 2 is 2.00 bits per heavy atom. The molecule has 216 valence electrons. The number of hydrogen-bond acceptors (Lipinski definition) is 12. The third kappa shape index (κ3) is 7.52. The van der Waals surface area contributed by atoms with E-state index in [0.717, 1.165) is 18.9 Å². The van der Waals surface area contributed by atoms with Gasteiger partial charge in [0.2, 0.25) is 0 Å². The summed E-state index contributed by atoms with van der Waals surface area (Å²) in [6.45, 7) is 4.22. The lowest BCUT2D eigenvalue weighted by Crippen LogP contribution is -2.26. The molecule has 14 heteroatoms. The lowest BCUT2D eigenvalue weighted by atomic mass is 10.1. The number of nitrogens with zero attached hydrogens (tertiary/aromatic N) is 4. The van der Waals surface area contributed by atoms with Gasteiger partial charge in [0.1, 0.15) is 22.3 Å². The normalized spacial score (nSPS) is 16.8. The van der Waals surface area contributed by atoms with Gasteiger partial charge in [0.05, 0.1) is 23.4 Å². The minimum atomic E-state index is -3.55. The summed E-state index contributed by atoms with van der Waals surface area (Å²) in [5.74, 6) is 0.158. The van der Waals surface area contributed by atoms with Crippen LogP contribution >= 0.6 is 11.3 Å². The summed E-state index contributed by atoms with van der Waals surface area (Å²) in [5, 5.41) is 9.91. The van der Waals surface area contributed by atoms with E-state index >= 15 is 0 Å². The number of thiazole rings is 1. The number of hydrogen-bond donors (Lipinski definition) is 2. The van der Waals surface area contributed by atoms with Crippen molar-refractivity contribution in [1.82, 2.24) is 14.9 Å². The highest BCUT2D eigenvalue weighted by molar-refractivity contribution is 7.92. The first-order valence-electron chi connectivity index (χ1n) is 12.8. The number of aromatic nitrogens is 2. The Morgan fingerprint density at radius 1 is 1.23 bits per heavy atom. The molecule has 0 unspecified atom stereocenters. The van der Waals surface area contributed by atoms with Crippen molar-refractivity contribution in [1.29, 1.82) is 0 Å². The van der Waals surface area contributed by atoms with Crippen molar-refractivity contribution in [3.8, 4) is 0 Å². The van der Waals surface area contributed by atoms with Gasteiger partial charge in [-0.3, -0.25) is 10.1 Å². The van der Waals surface area contributed by atoms with Gasteiger partial charge in [-0.2, -0.15) is 0 Å². The van der Waals surface area contributed by atoms with E-state index in [1.807, 2.05) is 26.2 Å². The molecule has 40 heavy (non-hydrogen) atoms. The summed E-state index contributed by atoms with van der Waals surface area (Å²) >= 11 is 1.23. The van der Waals surface area contributed by atoms with Gasteiger partial charge in [-0.15, -0.1) is 0 Å². The van der Waals surface area contributed by atoms with Gasteiger partial charge >= 0.3 is 0 Å². The molecular formula is C26H34N6O6S2. The third-order valence-electron chi connectivity index (χ3n) is 6.06. The molecule has 0 radical (unpaired) electrons. The quantitative estimate of drug-likeness (QED) is 0.225. The van der Waals surface area contributed by atoms with Crippen molar-refractivity contribution in [3.63, 3.8) is 0 Å². The fourth-order valence-corrected chi connectivity index (χ4v) is 6.33. The van der Waals surface area contributed by atoms with Gasteiger partial charge in [0.25, 0.3) is 5.91 Å². The summed E-state index contributed by atoms with van der Waals surface area (Å²) in [4.78, 5) is 30.8. The lowest BCUT2D eigenvalue weighted by molar-refractivity contribution is -0.110. The van der Waals surface area contributed by atoms with Crippen molar-refractivity contribution < 1.29 is 27.5 Å². The number of pyridine rings is 1. The van der Waals surface area contributed by atoms with Gasteiger partial charge in [-0.05, 0) is 51.7 Å². The van der Waals surface area contributed by atoms with Crippen LogP contribution in [0, 0.1) is 0 Å². The maximum absolute atomic E-state index is 13.4. The van der Waals surface area contributed by atoms with E-state index in [4.69, 9.17) is 14.3 Å². The maximum Gasteiger partial charge on any atom is 0.280 e. The van der Waals surface area contributed by atoms with Crippen molar-refractivity contribution in [2.45, 2.75) is 29.6 Å². The van der Waals surface area contributed by atoms with Gasteiger partial charge in [-0.1, -0.05) is 28.6 Å². The number of benzene rings is 1. The number of ether oxygens (including phenoxy) is 2. The minimum Gasteiger partial charge on any atom is -0.390 e. The number of sulfone groups is 1. The number of amides is 1. The van der Waals surface area contributed by atoms with Crippen LogP contribution in [0.4, 0.5) is 10.9 Å². The number of fused-ring (bicyclic) bond motifs is 1. The molecule has 2 N–H and O–H groups in total. The van der Waals surface area contributed by atoms with Crippen LogP contribution in [-0.4, -0.2) is 100 Å². The van der Waals surface area contributed by atoms with Gasteiger partial charge in [0.15, 0.2) is 20.7 Å². The number of rotatable bonds is 13. The molecule has 4 rings (SSSR count). The highest BCUT2D eigenvalue weighted by Gasteiger charge is 2.31. The zero-order valence-electron chi connectivity index (χ0n) is 22.9. The molecule has 1 amide bonds. The molecule has 3 heterocycles. The molecule has 0 spiro atoms. The van der Waals surface area contributed by atoms with E-state index < -0.39 is 27.1 Å². The minimum absolute atomic E-state index is 0.0330. The van der Waals surface area contributed by atoms with E-state index in [-0.39, 0.29) is 23.8 Å². The maximum atomic E-state index is 13.4. The van der Waals surface area contributed by atoms with Crippen LogP contribution in [0.5, 0.6) is 0 Å². The van der Waals surface area contributed by atoms with Crippen LogP contribution in [0.3, 0.4) is 0 Å². The topological polar surface area (TPSA) is 144 Å². The Labute approximate surface area is 237 Å². The SMILES string of the molecule is COC[C@@H](C)ON=C(C(=O)Nc1nc2ccc(NCCN(C)C)nc2s1)c1ccc(S(=O)(=O)[C@H]2CCOC2)cc1. The van der Waals surface area contributed by atoms with Gasteiger partial charge in [0, 0.05) is 32.4 Å². The van der Waals surface area contributed by atoms with E-state index in [2.05, 4.69) is 30.7 Å². The van der Waals surface area contributed by atoms with Crippen LogP contribution in [0.2, 0.25) is 0 Å². The van der Waals surface area contributed by atoms with Crippen LogP contribution in [0.25, 0.3) is 10.3 Å². The largest absolute Gasteiger partial charge is 0.390 e. The highest BCUT2D eigenvalue weighted by Crippen LogP contribution is 2.26. The monoisotopic (exact) mass is 590 g/mol. The Hall–Kier alpha value is -3.17. The molecule has 1 saturated heterocycles. The van der Waals surface area contributed by atoms with Crippen molar-refractivity contribution in [3.05, 3.63) is 42.0 Å². The fraction of sp³-hybridized carbons (Fsp3) is 0.462. The molecule has 3 aromatic rings. The van der Waals surface area contributed by atoms with Crippen LogP contribution in [-0.2, 0) is 28.9 Å². The molecule has 1 aliphatic heterocycles. The summed E-state index contributed by atoms with van der Waals surface area (Å²) in [6.07, 6.45) is 0.0367. The predicted molar refractivity (Wildman–Crippen MR) is 155 cm³/mol. The molecule has 0 saturated carbocycles. The first-order chi connectivity index (χ1) is 19.2. The molecule has 0 bridgehead atoms. The predicted octanol–water partition coefficient (Wildman–Crippen LogP) is 2.62. The standard InChI is InChI=1S/C26H34N6O6S2/c1-17(15-36-4)38-31-23(18-5-7-19(8-6-18)40(34,35)20-11-14-37-16-20)24(33)30-26-28-21-9-10-22(29-25(21)39-26)27-12-13-32(2)3/h5-10,17,20H,11-16H2,1-4H3,(H,27,29)(H,28,30,33)/t17-,20+/m1/s1. The van der Waals surface area contributed by atoms with Crippen molar-refractivity contribution in [2.24, 2.45) is 5.16 Å². The Balaban J connectivity index is 1.54. The van der Waals surface area contributed by atoms with Crippen LogP contribution in [0.1, 0.15) is 18.9 Å². The van der Waals surface area contributed by atoms with Crippen molar-refractivity contribution in [2.75, 3.05) is 64.7 Å². The lowest BCUT2D eigenvalue weighted by Gasteiger charge is -2.12. The highest BCUT2D eigenvalue weighted by atomic mass is 32.2. The van der Waals surface area contributed by atoms with Gasteiger partial charge < -0.3 is 24.5 Å². The summed E-state index contributed by atoms with van der Waals surface area (Å²) in [7, 11) is 1.99. The molecule has 1 aromatic carbocycles. The number of likely N-dealkylation sites (N-methyl/N-ethyl adjacent to an activating group) is 1. The van der Waals surface area contributed by atoms with E-state index in [1.165, 1.54) is 42.7 Å². The Kier molecular flexibility index (Phi) is 10.0. The van der Waals surface area contributed by atoms with E-state index in [1.54, 1.807) is 6.92 Å². The first kappa shape index (κ1) is 29.8. The third-order valence-corrected chi connectivity index (χ3v) is 9.12. The molecule has 2 aromatic heterocycles. The van der Waals surface area contributed by atoms with Crippen LogP contribution in [0.15, 0.2) is 46.4 Å². The second-order valence-corrected chi connectivity index (χ2v) is 12.8. The van der Waals surface area contributed by atoms with Crippen molar-refractivity contribution >= 4 is 54.1 Å². The molecule has 1 aliphatic rings. The molecule has 12 nitrogen and oxygen atoms in total. The number of carbonyl (C=O) groups excluding carboxylic acids is 1. The second-order valence-electron chi connectivity index (χ2n) is 9.59. The smallest absolute Gasteiger partial charge is 0.280 e. The molecular weight excluding hydrogens is 556 g/mol. The average molecular weight is 591 g/mol. The van der Waals surface area contributed by atoms with E-state index in [9.17, 15) is 13.2 Å².